The van der Waals surface area contributed by atoms with Gasteiger partial charge in [0.2, 0.25) is 5.91 Å². The number of amidine groups is 1. The van der Waals surface area contributed by atoms with Crippen molar-refractivity contribution in [2.45, 2.75) is 38.8 Å². The topological polar surface area (TPSA) is 99.7 Å². The fraction of sp³-hybridized carbons (Fsp3) is 0.467. The molecular formula is C15H24N4O2. The highest BCUT2D eigenvalue weighted by Crippen LogP contribution is 2.16. The molecule has 0 aliphatic rings. The van der Waals surface area contributed by atoms with Crippen molar-refractivity contribution < 1.29 is 10.0 Å². The Bertz CT molecular complexity index is 460. The lowest BCUT2D eigenvalue weighted by Gasteiger charge is -2.18. The van der Waals surface area contributed by atoms with E-state index in [0.717, 1.165) is 5.56 Å². The van der Waals surface area contributed by atoms with Crippen LogP contribution in [0.2, 0.25) is 0 Å². The predicted molar refractivity (Wildman–Crippen MR) is 83.1 cm³/mol. The molecule has 1 aromatic carbocycles. The zero-order valence-corrected chi connectivity index (χ0v) is 12.5. The van der Waals surface area contributed by atoms with E-state index in [2.05, 4.69) is 15.8 Å². The Balaban J connectivity index is 2.56. The van der Waals surface area contributed by atoms with Crippen molar-refractivity contribution in [3.63, 3.8) is 0 Å². The lowest BCUT2D eigenvalue weighted by molar-refractivity contribution is -0.121. The first kappa shape index (κ1) is 17.0. The zero-order valence-electron chi connectivity index (χ0n) is 12.5. The molecule has 1 aromatic rings. The summed E-state index contributed by atoms with van der Waals surface area (Å²) in [4.78, 5) is 11.6. The van der Waals surface area contributed by atoms with E-state index < -0.39 is 0 Å². The van der Waals surface area contributed by atoms with Gasteiger partial charge in [-0.05, 0) is 19.4 Å². The van der Waals surface area contributed by atoms with E-state index in [4.69, 9.17) is 10.9 Å². The Hall–Kier alpha value is -2.08. The molecule has 1 unspecified atom stereocenters. The lowest BCUT2D eigenvalue weighted by Crippen LogP contribution is -2.34. The number of benzene rings is 1. The summed E-state index contributed by atoms with van der Waals surface area (Å²) in [5.41, 5.74) is 6.62. The van der Waals surface area contributed by atoms with E-state index >= 15 is 0 Å². The van der Waals surface area contributed by atoms with E-state index in [-0.39, 0.29) is 23.8 Å². The van der Waals surface area contributed by atoms with Crippen molar-refractivity contribution in [1.82, 2.24) is 10.6 Å². The molecule has 5 N–H and O–H groups in total. The van der Waals surface area contributed by atoms with Gasteiger partial charge in [-0.25, -0.2) is 0 Å². The maximum Gasteiger partial charge on any atom is 0.221 e. The number of carbonyl (C=O) groups is 1. The van der Waals surface area contributed by atoms with Crippen molar-refractivity contribution in [3.05, 3.63) is 35.9 Å². The lowest BCUT2D eigenvalue weighted by atomic mass is 10.0. The highest BCUT2D eigenvalue weighted by atomic mass is 16.4. The molecule has 1 rings (SSSR count). The summed E-state index contributed by atoms with van der Waals surface area (Å²) in [5.74, 6) is 0.163. The summed E-state index contributed by atoms with van der Waals surface area (Å²) in [6.45, 7) is 4.38. The molecule has 6 nitrogen and oxygen atoms in total. The monoisotopic (exact) mass is 292 g/mol. The Morgan fingerprint density at radius 3 is 2.57 bits per heavy atom. The van der Waals surface area contributed by atoms with Crippen LogP contribution in [-0.2, 0) is 4.79 Å². The molecule has 1 amide bonds. The largest absolute Gasteiger partial charge is 0.409 e. The number of carbonyl (C=O) groups excluding carboxylic acids is 1. The van der Waals surface area contributed by atoms with E-state index in [0.29, 0.717) is 19.4 Å². The summed E-state index contributed by atoms with van der Waals surface area (Å²) >= 11 is 0. The Kier molecular flexibility index (Phi) is 7.25. The molecule has 0 radical (unpaired) electrons. The van der Waals surface area contributed by atoms with E-state index in [1.165, 1.54) is 0 Å². The first-order valence-corrected chi connectivity index (χ1v) is 7.07. The number of nitrogens with two attached hydrogens (primary N) is 1. The molecule has 0 spiro atoms. The summed E-state index contributed by atoms with van der Waals surface area (Å²) in [6.07, 6.45) is 0.768. The van der Waals surface area contributed by atoms with E-state index in [9.17, 15) is 4.79 Å². The van der Waals surface area contributed by atoms with Crippen molar-refractivity contribution in [2.24, 2.45) is 10.9 Å². The molecular weight excluding hydrogens is 268 g/mol. The molecule has 21 heavy (non-hydrogen) atoms. The van der Waals surface area contributed by atoms with Crippen LogP contribution in [0.3, 0.4) is 0 Å². The van der Waals surface area contributed by atoms with E-state index in [1.54, 1.807) is 0 Å². The quantitative estimate of drug-likeness (QED) is 0.252. The maximum atomic E-state index is 11.6. The summed E-state index contributed by atoms with van der Waals surface area (Å²) < 4.78 is 0. The van der Waals surface area contributed by atoms with Crippen molar-refractivity contribution in [1.29, 1.82) is 0 Å². The molecule has 0 aliphatic heterocycles. The molecule has 0 saturated carbocycles. The summed E-state index contributed by atoms with van der Waals surface area (Å²) in [7, 11) is 0. The predicted octanol–water partition coefficient (Wildman–Crippen LogP) is 1.37. The van der Waals surface area contributed by atoms with Gasteiger partial charge < -0.3 is 21.6 Å². The van der Waals surface area contributed by atoms with Gasteiger partial charge in [0, 0.05) is 31.5 Å². The fourth-order valence-corrected chi connectivity index (χ4v) is 2.00. The summed E-state index contributed by atoms with van der Waals surface area (Å²) in [5, 5.41) is 17.8. The van der Waals surface area contributed by atoms with Crippen molar-refractivity contribution >= 4 is 11.7 Å². The van der Waals surface area contributed by atoms with Crippen LogP contribution >= 0.6 is 0 Å². The van der Waals surface area contributed by atoms with Gasteiger partial charge in [0.25, 0.3) is 0 Å². The Morgan fingerprint density at radius 2 is 2.00 bits per heavy atom. The normalized spacial score (nSPS) is 13.2. The van der Waals surface area contributed by atoms with Crippen LogP contribution in [-0.4, -0.2) is 29.5 Å². The number of hydrogen-bond donors (Lipinski definition) is 4. The Morgan fingerprint density at radius 1 is 1.33 bits per heavy atom. The molecule has 1 atom stereocenters. The number of nitrogens with zero attached hydrogens (tertiary/aromatic N) is 1. The van der Waals surface area contributed by atoms with Gasteiger partial charge in [-0.1, -0.05) is 35.5 Å². The minimum atomic E-state index is -0.0889. The van der Waals surface area contributed by atoms with E-state index in [1.807, 2.05) is 44.2 Å². The van der Waals surface area contributed by atoms with Crippen LogP contribution in [0.5, 0.6) is 0 Å². The highest BCUT2D eigenvalue weighted by molar-refractivity contribution is 5.80. The number of hydrogen-bond acceptors (Lipinski definition) is 4. The third-order valence-electron chi connectivity index (χ3n) is 2.94. The average molecular weight is 292 g/mol. The molecule has 116 valence electrons. The first-order valence-electron chi connectivity index (χ1n) is 7.07. The second kappa shape index (κ2) is 8.97. The molecule has 0 aromatic heterocycles. The van der Waals surface area contributed by atoms with Crippen LogP contribution < -0.4 is 16.4 Å². The van der Waals surface area contributed by atoms with Gasteiger partial charge in [0.05, 0.1) is 0 Å². The average Bonchev–Trinajstić information content (AvgIpc) is 2.46. The van der Waals surface area contributed by atoms with Crippen LogP contribution in [0.4, 0.5) is 0 Å². The molecule has 0 bridgehead atoms. The molecule has 0 aliphatic carbocycles. The number of rotatable bonds is 8. The second-order valence-corrected chi connectivity index (χ2v) is 5.19. The smallest absolute Gasteiger partial charge is 0.221 e. The first-order chi connectivity index (χ1) is 10.0. The van der Waals surface area contributed by atoms with Crippen LogP contribution in [0.1, 0.15) is 38.3 Å². The van der Waals surface area contributed by atoms with Crippen molar-refractivity contribution in [3.8, 4) is 0 Å². The third-order valence-corrected chi connectivity index (χ3v) is 2.94. The molecule has 0 saturated heterocycles. The Labute approximate surface area is 125 Å². The van der Waals surface area contributed by atoms with Gasteiger partial charge in [0.15, 0.2) is 0 Å². The van der Waals surface area contributed by atoms with Gasteiger partial charge >= 0.3 is 0 Å². The van der Waals surface area contributed by atoms with Crippen molar-refractivity contribution in [2.75, 3.05) is 6.54 Å². The van der Waals surface area contributed by atoms with Crippen LogP contribution in [0, 0.1) is 0 Å². The maximum absolute atomic E-state index is 11.6. The minimum Gasteiger partial charge on any atom is -0.409 e. The summed E-state index contributed by atoms with van der Waals surface area (Å²) in [6, 6.07) is 9.78. The van der Waals surface area contributed by atoms with Gasteiger partial charge in [-0.15, -0.1) is 0 Å². The third kappa shape index (κ3) is 6.76. The zero-order chi connectivity index (χ0) is 15.7. The number of oxime groups is 1. The fourth-order valence-electron chi connectivity index (χ4n) is 2.00. The number of amides is 1. The highest BCUT2D eigenvalue weighted by Gasteiger charge is 2.13. The molecule has 6 heteroatoms. The van der Waals surface area contributed by atoms with Gasteiger partial charge in [0.1, 0.15) is 5.84 Å². The standard InChI is InChI=1S/C15H24N4O2/c1-11(2)18-15(20)8-9-17-13(10-14(16)19-21)12-6-4-3-5-7-12/h3-7,11,13,17,21H,8-10H2,1-2H3,(H2,16,19)(H,18,20). The van der Waals surface area contributed by atoms with Gasteiger partial charge in [-0.2, -0.15) is 0 Å². The van der Waals surface area contributed by atoms with Crippen LogP contribution in [0.25, 0.3) is 0 Å². The molecule has 0 fully saturated rings. The SMILES string of the molecule is CC(C)NC(=O)CCNC(C/C(N)=N/O)c1ccccc1. The van der Waals surface area contributed by atoms with Crippen LogP contribution in [0.15, 0.2) is 35.5 Å². The van der Waals surface area contributed by atoms with Gasteiger partial charge in [-0.3, -0.25) is 4.79 Å². The number of nitrogens with one attached hydrogen (secondary N) is 2. The second-order valence-electron chi connectivity index (χ2n) is 5.19. The minimum absolute atomic E-state index is 0.00751. The molecule has 0 heterocycles.